The van der Waals surface area contributed by atoms with Crippen molar-refractivity contribution in [3.8, 4) is 0 Å². The third-order valence-corrected chi connectivity index (χ3v) is 3.52. The largest absolute Gasteiger partial charge is 0.467 e. The van der Waals surface area contributed by atoms with Gasteiger partial charge in [-0.15, -0.1) is 0 Å². The summed E-state index contributed by atoms with van der Waals surface area (Å²) in [5.41, 5.74) is -0.174. The minimum atomic E-state index is -1.20. The van der Waals surface area contributed by atoms with E-state index in [4.69, 9.17) is 0 Å². The average molecular weight is 346 g/mol. The zero-order valence-electron chi connectivity index (χ0n) is 13.3. The van der Waals surface area contributed by atoms with Crippen molar-refractivity contribution < 1.29 is 23.6 Å². The van der Waals surface area contributed by atoms with Crippen molar-refractivity contribution in [2.45, 2.75) is 12.5 Å². The Morgan fingerprint density at radius 1 is 1.20 bits per heavy atom. The highest BCUT2D eigenvalue weighted by Crippen LogP contribution is 2.20. The number of hydrogen-bond acceptors (Lipinski definition) is 5. The summed E-state index contributed by atoms with van der Waals surface area (Å²) < 4.78 is 18.3. The second kappa shape index (κ2) is 8.00. The molecule has 0 aliphatic carbocycles. The van der Waals surface area contributed by atoms with Gasteiger partial charge in [-0.1, -0.05) is 30.3 Å². The van der Waals surface area contributed by atoms with Crippen LogP contribution in [0, 0.1) is 15.9 Å². The molecular formula is C17H15FN2O5. The third-order valence-electron chi connectivity index (χ3n) is 3.52. The fourth-order valence-electron chi connectivity index (χ4n) is 2.30. The maximum Gasteiger partial charge on any atom is 0.328 e. The second-order valence-corrected chi connectivity index (χ2v) is 5.12. The number of methoxy groups -OCH3 is 1. The van der Waals surface area contributed by atoms with Gasteiger partial charge in [-0.2, -0.15) is 0 Å². The fraction of sp³-hybridized carbons (Fsp3) is 0.176. The normalized spacial score (nSPS) is 11.4. The Balaban J connectivity index is 2.26. The summed E-state index contributed by atoms with van der Waals surface area (Å²) in [6.45, 7) is 0. The Hall–Kier alpha value is -3.29. The molecule has 2 aromatic rings. The first-order chi connectivity index (χ1) is 11.9. The summed E-state index contributed by atoms with van der Waals surface area (Å²) in [5.74, 6) is -2.34. The number of amides is 1. The Bertz CT molecular complexity index is 809. The zero-order chi connectivity index (χ0) is 18.4. The van der Waals surface area contributed by atoms with Crippen LogP contribution in [-0.4, -0.2) is 30.0 Å². The van der Waals surface area contributed by atoms with Crippen molar-refractivity contribution in [1.29, 1.82) is 0 Å². The summed E-state index contributed by atoms with van der Waals surface area (Å²) in [6.07, 6.45) is -0.163. The van der Waals surface area contributed by atoms with Crippen LogP contribution in [0.15, 0.2) is 48.5 Å². The van der Waals surface area contributed by atoms with E-state index in [1.54, 1.807) is 6.07 Å². The van der Waals surface area contributed by atoms with Crippen LogP contribution in [0.4, 0.5) is 10.1 Å². The molecule has 0 aromatic heterocycles. The van der Waals surface area contributed by atoms with E-state index in [1.165, 1.54) is 36.4 Å². The number of benzene rings is 2. The molecule has 0 saturated heterocycles. The zero-order valence-corrected chi connectivity index (χ0v) is 13.3. The quantitative estimate of drug-likeness (QED) is 0.491. The first-order valence-corrected chi connectivity index (χ1v) is 7.29. The first-order valence-electron chi connectivity index (χ1n) is 7.29. The van der Waals surface area contributed by atoms with Gasteiger partial charge in [0.2, 0.25) is 0 Å². The maximum atomic E-state index is 13.7. The van der Waals surface area contributed by atoms with E-state index in [-0.39, 0.29) is 23.2 Å². The van der Waals surface area contributed by atoms with Gasteiger partial charge in [-0.05, 0) is 12.1 Å². The number of nitrogens with zero attached hydrogens (tertiary/aromatic N) is 1. The van der Waals surface area contributed by atoms with Crippen LogP contribution in [-0.2, 0) is 16.0 Å². The molecule has 1 atom stereocenters. The molecule has 0 saturated carbocycles. The molecule has 25 heavy (non-hydrogen) atoms. The molecule has 0 spiro atoms. The van der Waals surface area contributed by atoms with Gasteiger partial charge in [0.25, 0.3) is 11.6 Å². The first kappa shape index (κ1) is 18.1. The smallest absolute Gasteiger partial charge is 0.328 e. The second-order valence-electron chi connectivity index (χ2n) is 5.12. The SMILES string of the molecule is COC(=O)[C@@H](Cc1ccccc1[N+](=O)[O-])NC(=O)c1ccccc1F. The van der Waals surface area contributed by atoms with Crippen LogP contribution in [0.2, 0.25) is 0 Å². The van der Waals surface area contributed by atoms with Gasteiger partial charge >= 0.3 is 5.97 Å². The Labute approximate surface area is 142 Å². The molecule has 130 valence electrons. The molecule has 7 nitrogen and oxygen atoms in total. The van der Waals surface area contributed by atoms with Gasteiger partial charge in [-0.25, -0.2) is 9.18 Å². The monoisotopic (exact) mass is 346 g/mol. The average Bonchev–Trinajstić information content (AvgIpc) is 2.61. The molecule has 0 unspecified atom stereocenters. The fourth-order valence-corrected chi connectivity index (χ4v) is 2.30. The third kappa shape index (κ3) is 4.37. The lowest BCUT2D eigenvalue weighted by Crippen LogP contribution is -2.43. The molecule has 0 heterocycles. The van der Waals surface area contributed by atoms with E-state index in [2.05, 4.69) is 10.1 Å². The predicted molar refractivity (Wildman–Crippen MR) is 86.5 cm³/mol. The predicted octanol–water partition coefficient (Wildman–Crippen LogP) is 2.25. The van der Waals surface area contributed by atoms with Crippen molar-refractivity contribution >= 4 is 17.6 Å². The molecule has 0 fully saturated rings. The molecular weight excluding hydrogens is 331 g/mol. The van der Waals surface area contributed by atoms with Gasteiger partial charge in [0.15, 0.2) is 0 Å². The summed E-state index contributed by atoms with van der Waals surface area (Å²) in [4.78, 5) is 34.7. The van der Waals surface area contributed by atoms with Crippen molar-refractivity contribution in [1.82, 2.24) is 5.32 Å². The van der Waals surface area contributed by atoms with E-state index < -0.39 is 28.7 Å². The molecule has 0 radical (unpaired) electrons. The Kier molecular flexibility index (Phi) is 5.78. The van der Waals surface area contributed by atoms with E-state index in [1.807, 2.05) is 0 Å². The van der Waals surface area contributed by atoms with Crippen LogP contribution in [0.25, 0.3) is 0 Å². The van der Waals surface area contributed by atoms with Crippen molar-refractivity contribution in [3.63, 3.8) is 0 Å². The van der Waals surface area contributed by atoms with Gasteiger partial charge in [0.1, 0.15) is 11.9 Å². The molecule has 1 amide bonds. The van der Waals surface area contributed by atoms with Gasteiger partial charge < -0.3 is 10.1 Å². The molecule has 2 aromatic carbocycles. The van der Waals surface area contributed by atoms with Gasteiger partial charge in [0.05, 0.1) is 17.6 Å². The number of esters is 1. The number of para-hydroxylation sites is 1. The van der Waals surface area contributed by atoms with Crippen molar-refractivity contribution in [2.75, 3.05) is 7.11 Å². The van der Waals surface area contributed by atoms with E-state index in [0.29, 0.717) is 0 Å². The number of nitro groups is 1. The standard InChI is InChI=1S/C17H15FN2O5/c1-25-17(22)14(10-11-6-2-5-9-15(11)20(23)24)19-16(21)12-7-3-4-8-13(12)18/h2-9,14H,10H2,1H3,(H,19,21)/t14-/m1/s1. The maximum absolute atomic E-state index is 13.7. The number of rotatable bonds is 6. The number of carbonyl (C=O) groups excluding carboxylic acids is 2. The number of nitrogens with one attached hydrogen (secondary N) is 1. The van der Waals surface area contributed by atoms with Crippen LogP contribution >= 0.6 is 0 Å². The van der Waals surface area contributed by atoms with Gasteiger partial charge in [0, 0.05) is 18.1 Å². The molecule has 0 aliphatic heterocycles. The van der Waals surface area contributed by atoms with Crippen LogP contribution in [0.5, 0.6) is 0 Å². The van der Waals surface area contributed by atoms with E-state index in [9.17, 15) is 24.1 Å². The number of hydrogen-bond donors (Lipinski definition) is 1. The molecule has 8 heteroatoms. The Morgan fingerprint density at radius 2 is 1.84 bits per heavy atom. The Morgan fingerprint density at radius 3 is 2.48 bits per heavy atom. The number of ether oxygens (including phenoxy) is 1. The molecule has 1 N–H and O–H groups in total. The minimum absolute atomic E-state index is 0.163. The summed E-state index contributed by atoms with van der Waals surface area (Å²) in [5, 5.41) is 13.4. The lowest BCUT2D eigenvalue weighted by Gasteiger charge is -2.17. The lowest BCUT2D eigenvalue weighted by molar-refractivity contribution is -0.385. The number of carbonyl (C=O) groups is 2. The van der Waals surface area contributed by atoms with E-state index in [0.717, 1.165) is 13.2 Å². The molecule has 0 bridgehead atoms. The minimum Gasteiger partial charge on any atom is -0.467 e. The van der Waals surface area contributed by atoms with Crippen LogP contribution < -0.4 is 5.32 Å². The van der Waals surface area contributed by atoms with Crippen molar-refractivity contribution in [3.05, 3.63) is 75.6 Å². The van der Waals surface area contributed by atoms with Crippen molar-refractivity contribution in [2.24, 2.45) is 0 Å². The van der Waals surface area contributed by atoms with Gasteiger partial charge in [-0.3, -0.25) is 14.9 Å². The molecule has 2 rings (SSSR count). The highest BCUT2D eigenvalue weighted by Gasteiger charge is 2.26. The summed E-state index contributed by atoms with van der Waals surface area (Å²) in [7, 11) is 1.13. The highest BCUT2D eigenvalue weighted by molar-refractivity contribution is 5.97. The highest BCUT2D eigenvalue weighted by atomic mass is 19.1. The number of nitro benzene ring substituents is 1. The van der Waals surface area contributed by atoms with Crippen LogP contribution in [0.3, 0.4) is 0 Å². The molecule has 0 aliphatic rings. The lowest BCUT2D eigenvalue weighted by atomic mass is 10.0. The van der Waals surface area contributed by atoms with E-state index >= 15 is 0 Å². The summed E-state index contributed by atoms with van der Waals surface area (Å²) in [6, 6.07) is 9.94. The summed E-state index contributed by atoms with van der Waals surface area (Å²) >= 11 is 0. The van der Waals surface area contributed by atoms with Crippen LogP contribution in [0.1, 0.15) is 15.9 Å². The number of halogens is 1. The topological polar surface area (TPSA) is 98.5 Å².